The van der Waals surface area contributed by atoms with E-state index in [-0.39, 0.29) is 17.4 Å². The number of fused-ring (bicyclic) bond motifs is 1. The molecule has 2 bridgehead atoms. The second kappa shape index (κ2) is 7.24. The monoisotopic (exact) mass is 442 g/mol. The molecule has 3 fully saturated rings. The van der Waals surface area contributed by atoms with Gasteiger partial charge in [0.1, 0.15) is 24.7 Å². The van der Waals surface area contributed by atoms with Crippen molar-refractivity contribution in [3.8, 4) is 0 Å². The Hall–Kier alpha value is -2.54. The van der Waals surface area contributed by atoms with Gasteiger partial charge in [0, 0.05) is 0 Å². The molecule has 2 aliphatic carbocycles. The summed E-state index contributed by atoms with van der Waals surface area (Å²) in [5, 5.41) is 0. The number of esters is 2. The highest BCUT2D eigenvalue weighted by Crippen LogP contribution is 2.66. The van der Waals surface area contributed by atoms with Crippen LogP contribution in [-0.4, -0.2) is 35.3 Å². The molecule has 1 aliphatic heterocycles. The molecule has 2 aromatic rings. The third kappa shape index (κ3) is 2.97. The van der Waals surface area contributed by atoms with Gasteiger partial charge >= 0.3 is 11.9 Å². The van der Waals surface area contributed by atoms with Crippen molar-refractivity contribution in [2.45, 2.75) is 76.8 Å². The zero-order valence-corrected chi connectivity index (χ0v) is 19.0. The molecule has 3 aliphatic rings. The lowest BCUT2D eigenvalue weighted by Crippen LogP contribution is -2.67. The lowest BCUT2D eigenvalue weighted by Gasteiger charge is -2.60. The van der Waals surface area contributed by atoms with E-state index in [0.29, 0.717) is 24.0 Å². The quantitative estimate of drug-likeness (QED) is 0.615. The lowest BCUT2D eigenvalue weighted by atomic mass is 9.50. The highest BCUT2D eigenvalue weighted by molar-refractivity contribution is 5.89. The van der Waals surface area contributed by atoms with Crippen LogP contribution in [0.5, 0.6) is 0 Å². The van der Waals surface area contributed by atoms with E-state index in [9.17, 15) is 9.59 Å². The van der Waals surface area contributed by atoms with Crippen molar-refractivity contribution in [1.29, 1.82) is 0 Å². The maximum absolute atomic E-state index is 12.9. The molecule has 32 heavy (non-hydrogen) atoms. The van der Waals surface area contributed by atoms with Crippen molar-refractivity contribution in [2.75, 3.05) is 0 Å². The normalized spacial score (nSPS) is 37.5. The first-order valence-corrected chi connectivity index (χ1v) is 11.3. The van der Waals surface area contributed by atoms with E-state index < -0.39 is 35.2 Å². The molecule has 1 spiro atoms. The minimum Gasteiger partial charge on any atom is -0.472 e. The summed E-state index contributed by atoms with van der Waals surface area (Å²) in [7, 11) is 0. The Bertz CT molecular complexity index is 992. The van der Waals surface area contributed by atoms with Crippen molar-refractivity contribution < 1.29 is 32.6 Å². The van der Waals surface area contributed by atoms with Crippen molar-refractivity contribution in [2.24, 2.45) is 17.3 Å². The summed E-state index contributed by atoms with van der Waals surface area (Å²) in [6.07, 6.45) is 7.81. The average Bonchev–Trinajstić information content (AvgIpc) is 3.48. The summed E-state index contributed by atoms with van der Waals surface area (Å²) in [5.41, 5.74) is -0.872. The molecule has 2 saturated carbocycles. The molecular weight excluding hydrogens is 412 g/mol. The van der Waals surface area contributed by atoms with Crippen LogP contribution in [0, 0.1) is 17.3 Å². The van der Waals surface area contributed by atoms with E-state index in [1.54, 1.807) is 12.1 Å². The van der Waals surface area contributed by atoms with Crippen LogP contribution in [0.25, 0.3) is 0 Å². The summed E-state index contributed by atoms with van der Waals surface area (Å²) < 4.78 is 29.2. The number of hydrogen-bond acceptors (Lipinski definition) is 7. The van der Waals surface area contributed by atoms with Gasteiger partial charge in [0.15, 0.2) is 0 Å². The molecule has 6 atom stereocenters. The van der Waals surface area contributed by atoms with E-state index in [0.717, 1.165) is 12.8 Å². The van der Waals surface area contributed by atoms with Gasteiger partial charge in [-0.1, -0.05) is 6.92 Å². The summed E-state index contributed by atoms with van der Waals surface area (Å²) in [6.45, 7) is 8.49. The second-order valence-electron chi connectivity index (χ2n) is 10.3. The average molecular weight is 443 g/mol. The predicted octanol–water partition coefficient (Wildman–Crippen LogP) is 5.02. The minimum atomic E-state index is -0.701. The molecule has 7 heteroatoms. The van der Waals surface area contributed by atoms with Gasteiger partial charge in [-0.15, -0.1) is 0 Å². The number of rotatable bonds is 4. The molecule has 2 aromatic heterocycles. The van der Waals surface area contributed by atoms with Gasteiger partial charge in [-0.2, -0.15) is 0 Å². The van der Waals surface area contributed by atoms with Crippen molar-refractivity contribution in [3.05, 3.63) is 48.3 Å². The van der Waals surface area contributed by atoms with Gasteiger partial charge in [-0.3, -0.25) is 0 Å². The van der Waals surface area contributed by atoms with Crippen LogP contribution in [-0.2, 0) is 14.2 Å². The Morgan fingerprint density at radius 1 is 0.938 bits per heavy atom. The van der Waals surface area contributed by atoms with E-state index in [1.807, 2.05) is 0 Å². The van der Waals surface area contributed by atoms with Crippen LogP contribution >= 0.6 is 0 Å². The van der Waals surface area contributed by atoms with Gasteiger partial charge < -0.3 is 23.0 Å². The Kier molecular flexibility index (Phi) is 4.82. The summed E-state index contributed by atoms with van der Waals surface area (Å²) >= 11 is 0. The maximum Gasteiger partial charge on any atom is 0.341 e. The lowest BCUT2D eigenvalue weighted by molar-refractivity contribution is -0.253. The Morgan fingerprint density at radius 2 is 1.53 bits per heavy atom. The standard InChI is InChI=1S/C25H30O7/c1-15-5-6-19(30-21(26)16-7-9-28-13-16)24(4)20(31-22(27)17-8-10-29-14-17)11-18-12-25(15,24)32-23(18,2)3/h7-10,13-15,18-20H,5-6,11-12H2,1-4H3. The van der Waals surface area contributed by atoms with Crippen LogP contribution in [0.4, 0.5) is 0 Å². The Balaban J connectivity index is 1.53. The van der Waals surface area contributed by atoms with E-state index in [4.69, 9.17) is 23.0 Å². The fraction of sp³-hybridized carbons (Fsp3) is 0.600. The number of carbonyl (C=O) groups is 2. The zero-order valence-electron chi connectivity index (χ0n) is 19.0. The van der Waals surface area contributed by atoms with E-state index in [2.05, 4.69) is 27.7 Å². The molecular formula is C25H30O7. The fourth-order valence-electron chi connectivity index (χ4n) is 6.43. The third-order valence-electron chi connectivity index (χ3n) is 8.40. The minimum absolute atomic E-state index is 0.232. The number of carbonyl (C=O) groups excluding carboxylic acids is 2. The largest absolute Gasteiger partial charge is 0.472 e. The highest BCUT2D eigenvalue weighted by Gasteiger charge is 2.73. The summed E-state index contributed by atoms with van der Waals surface area (Å²) in [5.74, 6) is -0.397. The molecule has 7 nitrogen and oxygen atoms in total. The molecule has 6 unspecified atom stereocenters. The zero-order chi connectivity index (χ0) is 22.7. The first kappa shape index (κ1) is 21.3. The van der Waals surface area contributed by atoms with Gasteiger partial charge in [0.25, 0.3) is 0 Å². The molecule has 5 rings (SSSR count). The first-order chi connectivity index (χ1) is 15.2. The molecule has 0 amide bonds. The van der Waals surface area contributed by atoms with Crippen LogP contribution in [0.15, 0.2) is 46.0 Å². The highest BCUT2D eigenvalue weighted by atomic mass is 16.6. The smallest absolute Gasteiger partial charge is 0.341 e. The van der Waals surface area contributed by atoms with Crippen molar-refractivity contribution in [3.63, 3.8) is 0 Å². The topological polar surface area (TPSA) is 88.1 Å². The maximum atomic E-state index is 12.9. The Labute approximate surface area is 187 Å². The van der Waals surface area contributed by atoms with E-state index in [1.165, 1.54) is 25.1 Å². The molecule has 0 aromatic carbocycles. The van der Waals surface area contributed by atoms with Crippen LogP contribution in [0.1, 0.15) is 74.1 Å². The van der Waals surface area contributed by atoms with Crippen molar-refractivity contribution in [1.82, 2.24) is 0 Å². The SMILES string of the molecule is CC1CCC(OC(=O)c2ccoc2)C2(C)C(OC(=O)c3ccoc3)CC3CC12OC3(C)C. The van der Waals surface area contributed by atoms with E-state index >= 15 is 0 Å². The molecule has 172 valence electrons. The van der Waals surface area contributed by atoms with Gasteiger partial charge in [-0.25, -0.2) is 9.59 Å². The van der Waals surface area contributed by atoms with Crippen LogP contribution in [0.2, 0.25) is 0 Å². The fourth-order valence-corrected chi connectivity index (χ4v) is 6.43. The van der Waals surface area contributed by atoms with Crippen LogP contribution in [0.3, 0.4) is 0 Å². The number of furan rings is 2. The first-order valence-electron chi connectivity index (χ1n) is 11.3. The van der Waals surface area contributed by atoms with Crippen molar-refractivity contribution >= 4 is 11.9 Å². The number of hydrogen-bond donors (Lipinski definition) is 0. The molecule has 1 saturated heterocycles. The number of ether oxygens (including phenoxy) is 3. The second-order valence-corrected chi connectivity index (χ2v) is 10.3. The summed E-state index contributed by atoms with van der Waals surface area (Å²) in [6, 6.07) is 3.19. The summed E-state index contributed by atoms with van der Waals surface area (Å²) in [4.78, 5) is 25.8. The predicted molar refractivity (Wildman–Crippen MR) is 113 cm³/mol. The third-order valence-corrected chi connectivity index (χ3v) is 8.40. The van der Waals surface area contributed by atoms with Gasteiger partial charge in [0.2, 0.25) is 0 Å². The Morgan fingerprint density at radius 3 is 2.09 bits per heavy atom. The molecule has 0 N–H and O–H groups in total. The van der Waals surface area contributed by atoms with Crippen LogP contribution < -0.4 is 0 Å². The van der Waals surface area contributed by atoms with Gasteiger partial charge in [-0.05, 0) is 70.4 Å². The van der Waals surface area contributed by atoms with Gasteiger partial charge in [0.05, 0.1) is 40.3 Å². The molecule has 0 radical (unpaired) electrons. The molecule has 3 heterocycles.